The van der Waals surface area contributed by atoms with Gasteiger partial charge >= 0.3 is 0 Å². The van der Waals surface area contributed by atoms with E-state index < -0.39 is 0 Å². The summed E-state index contributed by atoms with van der Waals surface area (Å²) < 4.78 is 0. The van der Waals surface area contributed by atoms with E-state index in [1.165, 1.54) is 0 Å². The van der Waals surface area contributed by atoms with Crippen LogP contribution in [0.3, 0.4) is 0 Å². The Bertz CT molecular complexity index is 509. The lowest BCUT2D eigenvalue weighted by atomic mass is 9.84. The van der Waals surface area contributed by atoms with Crippen molar-refractivity contribution in [1.29, 1.82) is 0 Å². The van der Waals surface area contributed by atoms with E-state index in [-0.39, 0.29) is 11.6 Å². The zero-order chi connectivity index (χ0) is 13.1. The van der Waals surface area contributed by atoms with Crippen molar-refractivity contribution in [3.8, 4) is 0 Å². The molecule has 0 unspecified atom stereocenters. The lowest BCUT2D eigenvalue weighted by Gasteiger charge is -2.16. The zero-order valence-corrected chi connectivity index (χ0v) is 9.88. The van der Waals surface area contributed by atoms with E-state index in [4.69, 9.17) is 5.11 Å². The van der Waals surface area contributed by atoms with Crippen molar-refractivity contribution in [2.45, 2.75) is 0 Å². The Morgan fingerprint density at radius 3 is 1.06 bits per heavy atom. The molecule has 1 aliphatic carbocycles. The van der Waals surface area contributed by atoms with Gasteiger partial charge in [0.2, 0.25) is 0 Å². The SMILES string of the molecule is CO.O=C1c2ccccc2C(=O)c2ccccc21. The van der Waals surface area contributed by atoms with E-state index in [0.29, 0.717) is 22.3 Å². The molecule has 2 aromatic rings. The summed E-state index contributed by atoms with van der Waals surface area (Å²) >= 11 is 0. The number of aliphatic hydroxyl groups excluding tert-OH is 1. The van der Waals surface area contributed by atoms with E-state index in [2.05, 4.69) is 0 Å². The summed E-state index contributed by atoms with van der Waals surface area (Å²) in [5.41, 5.74) is 2.02. The minimum Gasteiger partial charge on any atom is -0.400 e. The summed E-state index contributed by atoms with van der Waals surface area (Å²) in [4.78, 5) is 24.2. The Kier molecular flexibility index (Phi) is 3.35. The Hall–Kier alpha value is -2.26. The van der Waals surface area contributed by atoms with Crippen molar-refractivity contribution in [2.24, 2.45) is 0 Å². The summed E-state index contributed by atoms with van der Waals surface area (Å²) in [5.74, 6) is -0.128. The molecule has 3 rings (SSSR count). The number of aliphatic hydroxyl groups is 1. The van der Waals surface area contributed by atoms with Gasteiger partial charge in [-0.15, -0.1) is 0 Å². The van der Waals surface area contributed by atoms with Crippen LogP contribution in [0.2, 0.25) is 0 Å². The molecule has 0 radical (unpaired) electrons. The number of fused-ring (bicyclic) bond motifs is 2. The predicted molar refractivity (Wildman–Crippen MR) is 67.9 cm³/mol. The Balaban J connectivity index is 0.000000574. The summed E-state index contributed by atoms with van der Waals surface area (Å²) in [7, 11) is 1.00. The van der Waals surface area contributed by atoms with Gasteiger partial charge in [-0.2, -0.15) is 0 Å². The molecule has 0 saturated carbocycles. The van der Waals surface area contributed by atoms with Gasteiger partial charge in [-0.25, -0.2) is 0 Å². The molecule has 90 valence electrons. The molecule has 2 aromatic carbocycles. The van der Waals surface area contributed by atoms with E-state index in [1.54, 1.807) is 48.5 Å². The molecule has 0 heterocycles. The minimum atomic E-state index is -0.0641. The summed E-state index contributed by atoms with van der Waals surface area (Å²) in [5, 5.41) is 7.00. The molecule has 0 aromatic heterocycles. The van der Waals surface area contributed by atoms with Crippen molar-refractivity contribution >= 4 is 11.6 Å². The Morgan fingerprint density at radius 1 is 0.611 bits per heavy atom. The molecule has 18 heavy (non-hydrogen) atoms. The highest BCUT2D eigenvalue weighted by molar-refractivity contribution is 6.28. The average Bonchev–Trinajstić information content (AvgIpc) is 2.47. The summed E-state index contributed by atoms with van der Waals surface area (Å²) in [6.07, 6.45) is 0. The highest BCUT2D eigenvalue weighted by Gasteiger charge is 2.28. The molecule has 0 amide bonds. The Labute approximate surface area is 105 Å². The highest BCUT2D eigenvalue weighted by atomic mass is 16.2. The van der Waals surface area contributed by atoms with Crippen LogP contribution in [-0.4, -0.2) is 23.8 Å². The first kappa shape index (κ1) is 12.2. The number of carbonyl (C=O) groups excluding carboxylic acids is 2. The maximum absolute atomic E-state index is 12.1. The topological polar surface area (TPSA) is 54.4 Å². The molecule has 1 aliphatic rings. The van der Waals surface area contributed by atoms with Gasteiger partial charge in [-0.05, 0) is 0 Å². The van der Waals surface area contributed by atoms with Crippen LogP contribution in [-0.2, 0) is 0 Å². The third-order valence-corrected chi connectivity index (χ3v) is 2.83. The molecule has 1 N–H and O–H groups in total. The Morgan fingerprint density at radius 2 is 0.833 bits per heavy atom. The quantitative estimate of drug-likeness (QED) is 0.654. The van der Waals surface area contributed by atoms with E-state index >= 15 is 0 Å². The van der Waals surface area contributed by atoms with Gasteiger partial charge < -0.3 is 5.11 Å². The van der Waals surface area contributed by atoms with Gasteiger partial charge in [0, 0.05) is 29.4 Å². The van der Waals surface area contributed by atoms with Crippen LogP contribution in [0.1, 0.15) is 31.8 Å². The van der Waals surface area contributed by atoms with Crippen LogP contribution in [0.5, 0.6) is 0 Å². The predicted octanol–water partition coefficient (Wildman–Crippen LogP) is 2.07. The fraction of sp³-hybridized carbons (Fsp3) is 0.0667. The van der Waals surface area contributed by atoms with E-state index in [0.717, 1.165) is 7.11 Å². The first-order valence-corrected chi connectivity index (χ1v) is 5.51. The number of hydrogen-bond donors (Lipinski definition) is 1. The molecule has 0 atom stereocenters. The number of benzene rings is 2. The van der Waals surface area contributed by atoms with Crippen molar-refractivity contribution in [2.75, 3.05) is 7.11 Å². The molecule has 0 bridgehead atoms. The van der Waals surface area contributed by atoms with Crippen LogP contribution in [0.4, 0.5) is 0 Å². The largest absolute Gasteiger partial charge is 0.400 e. The van der Waals surface area contributed by atoms with Crippen LogP contribution in [0.15, 0.2) is 48.5 Å². The lowest BCUT2D eigenvalue weighted by molar-refractivity contribution is 0.0979. The van der Waals surface area contributed by atoms with Crippen molar-refractivity contribution in [3.63, 3.8) is 0 Å². The second-order valence-electron chi connectivity index (χ2n) is 3.75. The van der Waals surface area contributed by atoms with Gasteiger partial charge in [0.1, 0.15) is 0 Å². The van der Waals surface area contributed by atoms with Gasteiger partial charge in [-0.3, -0.25) is 9.59 Å². The first-order chi connectivity index (χ1) is 8.79. The van der Waals surface area contributed by atoms with Crippen LogP contribution in [0.25, 0.3) is 0 Å². The van der Waals surface area contributed by atoms with E-state index in [9.17, 15) is 9.59 Å². The zero-order valence-electron chi connectivity index (χ0n) is 9.88. The van der Waals surface area contributed by atoms with Crippen molar-refractivity contribution in [3.05, 3.63) is 70.8 Å². The highest BCUT2D eigenvalue weighted by Crippen LogP contribution is 2.26. The lowest BCUT2D eigenvalue weighted by Crippen LogP contribution is -2.20. The van der Waals surface area contributed by atoms with Crippen molar-refractivity contribution < 1.29 is 14.7 Å². The molecule has 3 heteroatoms. The maximum atomic E-state index is 12.1. The third-order valence-electron chi connectivity index (χ3n) is 2.83. The van der Waals surface area contributed by atoms with Crippen LogP contribution in [0, 0.1) is 0 Å². The van der Waals surface area contributed by atoms with Gasteiger partial charge in [0.25, 0.3) is 0 Å². The molecular weight excluding hydrogens is 228 g/mol. The van der Waals surface area contributed by atoms with Gasteiger partial charge in [0.05, 0.1) is 0 Å². The normalized spacial score (nSPS) is 12.1. The number of rotatable bonds is 0. The molecule has 0 saturated heterocycles. The number of ketones is 2. The monoisotopic (exact) mass is 240 g/mol. The number of hydrogen-bond acceptors (Lipinski definition) is 3. The molecule has 0 aliphatic heterocycles. The summed E-state index contributed by atoms with van der Waals surface area (Å²) in [6.45, 7) is 0. The summed E-state index contributed by atoms with van der Waals surface area (Å²) in [6, 6.07) is 13.9. The fourth-order valence-electron chi connectivity index (χ4n) is 2.05. The smallest absolute Gasteiger partial charge is 0.194 e. The van der Waals surface area contributed by atoms with Gasteiger partial charge in [-0.1, -0.05) is 48.5 Å². The van der Waals surface area contributed by atoms with Crippen LogP contribution < -0.4 is 0 Å². The van der Waals surface area contributed by atoms with Gasteiger partial charge in [0.15, 0.2) is 11.6 Å². The average molecular weight is 240 g/mol. The molecule has 0 fully saturated rings. The van der Waals surface area contributed by atoms with E-state index in [1.807, 2.05) is 0 Å². The second-order valence-corrected chi connectivity index (χ2v) is 3.75. The molecule has 3 nitrogen and oxygen atoms in total. The van der Waals surface area contributed by atoms with Crippen molar-refractivity contribution in [1.82, 2.24) is 0 Å². The number of carbonyl (C=O) groups is 2. The first-order valence-electron chi connectivity index (χ1n) is 5.51. The molecule has 0 spiro atoms. The van der Waals surface area contributed by atoms with Crippen LogP contribution >= 0.6 is 0 Å². The molecular formula is C15H12O3. The minimum absolute atomic E-state index is 0.0641. The second kappa shape index (κ2) is 4.94. The third kappa shape index (κ3) is 1.75. The standard InChI is InChI=1S/C14H8O2.CH4O/c15-13-9-5-1-2-6-10(9)14(16)12-8-4-3-7-11(12)13;1-2/h1-8H;2H,1H3. The fourth-order valence-corrected chi connectivity index (χ4v) is 2.05. The maximum Gasteiger partial charge on any atom is 0.194 e.